The maximum Gasteiger partial charge on any atom is 0.250 e. The maximum atomic E-state index is 12.2. The second-order valence-electron chi connectivity index (χ2n) is 6.07. The smallest absolute Gasteiger partial charge is 0.250 e. The summed E-state index contributed by atoms with van der Waals surface area (Å²) >= 11 is 0. The van der Waals surface area contributed by atoms with Crippen molar-refractivity contribution >= 4 is 0 Å². The van der Waals surface area contributed by atoms with Gasteiger partial charge in [0.1, 0.15) is 5.75 Å². The van der Waals surface area contributed by atoms with Crippen LogP contribution in [0, 0.1) is 0 Å². The number of benzene rings is 2. The minimum atomic E-state index is -0.0133. The van der Waals surface area contributed by atoms with Gasteiger partial charge in [0.2, 0.25) is 0 Å². The summed E-state index contributed by atoms with van der Waals surface area (Å²) in [4.78, 5) is 12.2. The lowest BCUT2D eigenvalue weighted by molar-refractivity contribution is 0.134. The van der Waals surface area contributed by atoms with Crippen molar-refractivity contribution < 1.29 is 9.47 Å². The average Bonchev–Trinajstić information content (AvgIpc) is 2.69. The molecular formula is C22H23NO3. The van der Waals surface area contributed by atoms with E-state index in [0.29, 0.717) is 19.8 Å². The molecule has 0 atom stereocenters. The first kappa shape index (κ1) is 18.0. The van der Waals surface area contributed by atoms with Gasteiger partial charge in [0.25, 0.3) is 5.56 Å². The van der Waals surface area contributed by atoms with Gasteiger partial charge in [-0.1, -0.05) is 36.4 Å². The van der Waals surface area contributed by atoms with Crippen LogP contribution in [0.25, 0.3) is 11.1 Å². The van der Waals surface area contributed by atoms with Gasteiger partial charge in [-0.25, -0.2) is 0 Å². The van der Waals surface area contributed by atoms with E-state index < -0.39 is 0 Å². The monoisotopic (exact) mass is 349 g/mol. The number of aromatic nitrogens is 1. The fourth-order valence-electron chi connectivity index (χ4n) is 2.77. The Morgan fingerprint density at radius 2 is 1.50 bits per heavy atom. The van der Waals surface area contributed by atoms with Crippen LogP contribution in [0.2, 0.25) is 0 Å². The van der Waals surface area contributed by atoms with E-state index in [2.05, 4.69) is 0 Å². The Kier molecular flexibility index (Phi) is 5.87. The van der Waals surface area contributed by atoms with Gasteiger partial charge in [0.15, 0.2) is 0 Å². The van der Waals surface area contributed by atoms with E-state index >= 15 is 0 Å². The van der Waals surface area contributed by atoms with E-state index in [9.17, 15) is 4.79 Å². The SMILES string of the molecule is CCOCc1ccc(Cn2cc(-c3ccc(OC)cc3)ccc2=O)cc1. The van der Waals surface area contributed by atoms with Gasteiger partial charge in [0, 0.05) is 18.9 Å². The second kappa shape index (κ2) is 8.50. The van der Waals surface area contributed by atoms with E-state index in [1.165, 1.54) is 0 Å². The van der Waals surface area contributed by atoms with Crippen molar-refractivity contribution in [3.05, 3.63) is 88.3 Å². The molecule has 0 aliphatic rings. The van der Waals surface area contributed by atoms with Gasteiger partial charge in [-0.15, -0.1) is 0 Å². The molecule has 0 saturated carbocycles. The summed E-state index contributed by atoms with van der Waals surface area (Å²) < 4.78 is 12.3. The van der Waals surface area contributed by atoms with E-state index in [-0.39, 0.29) is 5.56 Å². The number of pyridine rings is 1. The fourth-order valence-corrected chi connectivity index (χ4v) is 2.77. The number of hydrogen-bond donors (Lipinski definition) is 0. The van der Waals surface area contributed by atoms with Crippen molar-refractivity contribution in [3.63, 3.8) is 0 Å². The van der Waals surface area contributed by atoms with Gasteiger partial charge >= 0.3 is 0 Å². The lowest BCUT2D eigenvalue weighted by Crippen LogP contribution is -2.19. The van der Waals surface area contributed by atoms with Crippen molar-refractivity contribution in [2.24, 2.45) is 0 Å². The molecule has 4 nitrogen and oxygen atoms in total. The molecule has 1 heterocycles. The first-order chi connectivity index (χ1) is 12.7. The third-order valence-electron chi connectivity index (χ3n) is 4.26. The van der Waals surface area contributed by atoms with Crippen molar-refractivity contribution in [1.82, 2.24) is 4.57 Å². The largest absolute Gasteiger partial charge is 0.497 e. The average molecular weight is 349 g/mol. The molecule has 0 spiro atoms. The summed E-state index contributed by atoms with van der Waals surface area (Å²) in [5.41, 5.74) is 4.25. The highest BCUT2D eigenvalue weighted by Crippen LogP contribution is 2.21. The molecular weight excluding hydrogens is 326 g/mol. The Morgan fingerprint density at radius 1 is 0.846 bits per heavy atom. The highest BCUT2D eigenvalue weighted by molar-refractivity contribution is 5.63. The molecule has 1 aromatic heterocycles. The highest BCUT2D eigenvalue weighted by Gasteiger charge is 2.04. The molecule has 2 aromatic carbocycles. The molecule has 0 aliphatic heterocycles. The molecule has 0 radical (unpaired) electrons. The number of rotatable bonds is 7. The minimum absolute atomic E-state index is 0.0133. The van der Waals surface area contributed by atoms with Gasteiger partial charge < -0.3 is 14.0 Å². The Labute approximate surface area is 153 Å². The third-order valence-corrected chi connectivity index (χ3v) is 4.26. The Morgan fingerprint density at radius 3 is 2.15 bits per heavy atom. The molecule has 0 bridgehead atoms. The van der Waals surface area contributed by atoms with E-state index in [1.54, 1.807) is 17.7 Å². The Bertz CT molecular complexity index is 896. The van der Waals surface area contributed by atoms with Crippen LogP contribution < -0.4 is 10.3 Å². The van der Waals surface area contributed by atoms with E-state index in [1.807, 2.05) is 67.7 Å². The highest BCUT2D eigenvalue weighted by atomic mass is 16.5. The van der Waals surface area contributed by atoms with Gasteiger partial charge in [-0.3, -0.25) is 4.79 Å². The zero-order valence-electron chi connectivity index (χ0n) is 15.1. The van der Waals surface area contributed by atoms with Crippen molar-refractivity contribution in [3.8, 4) is 16.9 Å². The van der Waals surface area contributed by atoms with Crippen molar-refractivity contribution in [2.75, 3.05) is 13.7 Å². The maximum absolute atomic E-state index is 12.2. The minimum Gasteiger partial charge on any atom is -0.497 e. The van der Waals surface area contributed by atoms with Crippen LogP contribution in [0.3, 0.4) is 0 Å². The van der Waals surface area contributed by atoms with E-state index in [4.69, 9.17) is 9.47 Å². The van der Waals surface area contributed by atoms with Gasteiger partial charge in [-0.2, -0.15) is 0 Å². The van der Waals surface area contributed by atoms with Crippen LogP contribution in [0.15, 0.2) is 71.7 Å². The zero-order valence-corrected chi connectivity index (χ0v) is 15.1. The summed E-state index contributed by atoms with van der Waals surface area (Å²) in [5, 5.41) is 0. The van der Waals surface area contributed by atoms with Crippen LogP contribution in [0.1, 0.15) is 18.1 Å². The molecule has 3 rings (SSSR count). The van der Waals surface area contributed by atoms with E-state index in [0.717, 1.165) is 28.0 Å². The third kappa shape index (κ3) is 4.41. The van der Waals surface area contributed by atoms with Crippen molar-refractivity contribution in [1.29, 1.82) is 0 Å². The lowest BCUT2D eigenvalue weighted by Gasteiger charge is -2.10. The summed E-state index contributed by atoms with van der Waals surface area (Å²) in [5.74, 6) is 0.814. The Hall–Kier alpha value is -2.85. The second-order valence-corrected chi connectivity index (χ2v) is 6.07. The summed E-state index contributed by atoms with van der Waals surface area (Å²) in [6.07, 6.45) is 1.90. The fraction of sp³-hybridized carbons (Fsp3) is 0.227. The van der Waals surface area contributed by atoms with Crippen molar-refractivity contribution in [2.45, 2.75) is 20.1 Å². The first-order valence-corrected chi connectivity index (χ1v) is 8.70. The number of methoxy groups -OCH3 is 1. The van der Waals surface area contributed by atoms with Crippen LogP contribution in [-0.2, 0) is 17.9 Å². The zero-order chi connectivity index (χ0) is 18.4. The molecule has 0 N–H and O–H groups in total. The van der Waals surface area contributed by atoms with Crippen LogP contribution in [0.4, 0.5) is 0 Å². The molecule has 0 amide bonds. The standard InChI is InChI=1S/C22H23NO3/c1-3-26-16-18-6-4-17(5-7-18)14-23-15-20(10-13-22(23)24)19-8-11-21(25-2)12-9-19/h4-13,15H,3,14,16H2,1-2H3. The predicted molar refractivity (Wildman–Crippen MR) is 104 cm³/mol. The predicted octanol–water partition coefficient (Wildman–Crippen LogP) is 4.11. The molecule has 0 fully saturated rings. The van der Waals surface area contributed by atoms with Crippen LogP contribution in [-0.4, -0.2) is 18.3 Å². The number of ether oxygens (including phenoxy) is 2. The number of nitrogens with zero attached hydrogens (tertiary/aromatic N) is 1. The summed E-state index contributed by atoms with van der Waals surface area (Å²) in [7, 11) is 1.65. The molecule has 26 heavy (non-hydrogen) atoms. The van der Waals surface area contributed by atoms with Gasteiger partial charge in [-0.05, 0) is 47.4 Å². The van der Waals surface area contributed by atoms with Crippen LogP contribution in [0.5, 0.6) is 5.75 Å². The molecule has 134 valence electrons. The molecule has 0 unspecified atom stereocenters. The van der Waals surface area contributed by atoms with Crippen LogP contribution >= 0.6 is 0 Å². The normalized spacial score (nSPS) is 10.7. The number of hydrogen-bond acceptors (Lipinski definition) is 3. The lowest BCUT2D eigenvalue weighted by atomic mass is 10.1. The molecule has 4 heteroatoms. The molecule has 0 aliphatic carbocycles. The molecule has 0 saturated heterocycles. The quantitative estimate of drug-likeness (QED) is 0.644. The summed E-state index contributed by atoms with van der Waals surface area (Å²) in [6, 6.07) is 19.5. The van der Waals surface area contributed by atoms with Gasteiger partial charge in [0.05, 0.1) is 20.3 Å². The Balaban J connectivity index is 1.80. The first-order valence-electron chi connectivity index (χ1n) is 8.70. The summed E-state index contributed by atoms with van der Waals surface area (Å²) in [6.45, 7) is 3.84. The molecule has 3 aromatic rings. The topological polar surface area (TPSA) is 40.5 Å².